The quantitative estimate of drug-likeness (QED) is 0.788. The predicted molar refractivity (Wildman–Crippen MR) is 68.2 cm³/mol. The van der Waals surface area contributed by atoms with E-state index in [1.54, 1.807) is 0 Å². The fourth-order valence-electron chi connectivity index (χ4n) is 2.87. The molecule has 2 fully saturated rings. The van der Waals surface area contributed by atoms with Crippen molar-refractivity contribution in [3.63, 3.8) is 0 Å². The lowest BCUT2D eigenvalue weighted by Crippen LogP contribution is -2.46. The van der Waals surface area contributed by atoms with Crippen LogP contribution in [-0.2, 0) is 9.47 Å². The van der Waals surface area contributed by atoms with E-state index in [-0.39, 0.29) is 0 Å². The lowest BCUT2D eigenvalue weighted by Gasteiger charge is -2.30. The smallest absolute Gasteiger partial charge is 0.0673 e. The van der Waals surface area contributed by atoms with Crippen molar-refractivity contribution in [3.8, 4) is 0 Å². The predicted octanol–water partition coefficient (Wildman–Crippen LogP) is 0.722. The van der Waals surface area contributed by atoms with Crippen LogP contribution in [0.4, 0.5) is 0 Å². The van der Waals surface area contributed by atoms with E-state index in [4.69, 9.17) is 9.47 Å². The van der Waals surface area contributed by atoms with Gasteiger partial charge in [-0.3, -0.25) is 4.90 Å². The summed E-state index contributed by atoms with van der Waals surface area (Å²) in [7, 11) is 2.07. The summed E-state index contributed by atoms with van der Waals surface area (Å²) in [6.07, 6.45) is 2.72. The molecular formula is C13H26N2O2. The molecule has 0 amide bonds. The highest BCUT2D eigenvalue weighted by atomic mass is 16.5. The standard InChI is InChI=1S/C13H26N2O2/c1-11-8-15(5-3-6-17-11)9-13(14-2)12-4-7-16-10-12/h11-14H,3-10H2,1-2H3. The Bertz CT molecular complexity index is 219. The van der Waals surface area contributed by atoms with Crippen molar-refractivity contribution in [3.05, 3.63) is 0 Å². The number of likely N-dealkylation sites (N-methyl/N-ethyl adjacent to an activating group) is 1. The van der Waals surface area contributed by atoms with Gasteiger partial charge in [0.25, 0.3) is 0 Å². The van der Waals surface area contributed by atoms with Crippen molar-refractivity contribution in [2.45, 2.75) is 31.9 Å². The fraction of sp³-hybridized carbons (Fsp3) is 1.00. The topological polar surface area (TPSA) is 33.7 Å². The van der Waals surface area contributed by atoms with Gasteiger partial charge in [0.1, 0.15) is 0 Å². The lowest BCUT2D eigenvalue weighted by atomic mass is 9.98. The summed E-state index contributed by atoms with van der Waals surface area (Å²) in [4.78, 5) is 2.54. The summed E-state index contributed by atoms with van der Waals surface area (Å²) in [5, 5.41) is 3.46. The molecule has 3 unspecified atom stereocenters. The van der Waals surface area contributed by atoms with Gasteiger partial charge in [0.05, 0.1) is 12.7 Å². The highest BCUT2D eigenvalue weighted by Gasteiger charge is 2.27. The van der Waals surface area contributed by atoms with E-state index in [1.165, 1.54) is 6.42 Å². The van der Waals surface area contributed by atoms with Crippen LogP contribution in [0.25, 0.3) is 0 Å². The van der Waals surface area contributed by atoms with Crippen LogP contribution in [0.15, 0.2) is 0 Å². The second kappa shape index (κ2) is 6.69. The molecule has 2 saturated heterocycles. The van der Waals surface area contributed by atoms with Crippen molar-refractivity contribution in [2.75, 3.05) is 46.5 Å². The monoisotopic (exact) mass is 242 g/mol. The Morgan fingerprint density at radius 3 is 3.00 bits per heavy atom. The van der Waals surface area contributed by atoms with Crippen LogP contribution in [0.3, 0.4) is 0 Å². The molecule has 3 atom stereocenters. The Labute approximate surface area is 105 Å². The first-order valence-electron chi connectivity index (χ1n) is 6.88. The minimum absolute atomic E-state index is 0.370. The maximum atomic E-state index is 5.69. The molecule has 0 aromatic heterocycles. The summed E-state index contributed by atoms with van der Waals surface area (Å²) >= 11 is 0. The van der Waals surface area contributed by atoms with Crippen molar-refractivity contribution in [1.82, 2.24) is 10.2 Å². The zero-order chi connectivity index (χ0) is 12.1. The van der Waals surface area contributed by atoms with Crippen LogP contribution in [0, 0.1) is 5.92 Å². The van der Waals surface area contributed by atoms with E-state index in [2.05, 4.69) is 24.2 Å². The minimum atomic E-state index is 0.370. The maximum Gasteiger partial charge on any atom is 0.0673 e. The Morgan fingerprint density at radius 1 is 1.41 bits per heavy atom. The molecule has 100 valence electrons. The number of hydrogen-bond donors (Lipinski definition) is 1. The van der Waals surface area contributed by atoms with Crippen molar-refractivity contribution in [2.24, 2.45) is 5.92 Å². The summed E-state index contributed by atoms with van der Waals surface area (Å²) in [5.74, 6) is 0.680. The molecule has 0 saturated carbocycles. The van der Waals surface area contributed by atoms with Gasteiger partial charge in [-0.15, -0.1) is 0 Å². The molecule has 0 radical (unpaired) electrons. The largest absolute Gasteiger partial charge is 0.381 e. The van der Waals surface area contributed by atoms with E-state index < -0.39 is 0 Å². The van der Waals surface area contributed by atoms with Gasteiger partial charge in [-0.05, 0) is 26.8 Å². The molecule has 2 rings (SSSR count). The molecule has 0 bridgehead atoms. The Hall–Kier alpha value is -0.160. The van der Waals surface area contributed by atoms with E-state index in [1.807, 2.05) is 0 Å². The van der Waals surface area contributed by atoms with E-state index in [0.717, 1.165) is 45.9 Å². The molecule has 4 heteroatoms. The molecule has 0 aromatic rings. The number of nitrogens with zero attached hydrogens (tertiary/aromatic N) is 1. The lowest BCUT2D eigenvalue weighted by molar-refractivity contribution is 0.0650. The minimum Gasteiger partial charge on any atom is -0.381 e. The molecule has 4 nitrogen and oxygen atoms in total. The maximum absolute atomic E-state index is 5.69. The van der Waals surface area contributed by atoms with E-state index in [9.17, 15) is 0 Å². The molecule has 17 heavy (non-hydrogen) atoms. The van der Waals surface area contributed by atoms with Gasteiger partial charge in [-0.1, -0.05) is 0 Å². The number of hydrogen-bond acceptors (Lipinski definition) is 4. The summed E-state index contributed by atoms with van der Waals surface area (Å²) in [6, 6.07) is 0.558. The first-order valence-corrected chi connectivity index (χ1v) is 6.88. The zero-order valence-electron chi connectivity index (χ0n) is 11.2. The summed E-state index contributed by atoms with van der Waals surface area (Å²) < 4.78 is 11.2. The molecule has 1 N–H and O–H groups in total. The third-order valence-corrected chi connectivity index (χ3v) is 3.90. The zero-order valence-corrected chi connectivity index (χ0v) is 11.2. The van der Waals surface area contributed by atoms with Gasteiger partial charge < -0.3 is 14.8 Å². The molecule has 2 aliphatic heterocycles. The van der Waals surface area contributed by atoms with Crippen LogP contribution in [-0.4, -0.2) is 63.5 Å². The molecule has 0 aliphatic carbocycles. The van der Waals surface area contributed by atoms with Crippen LogP contribution in [0.2, 0.25) is 0 Å². The molecule has 0 aromatic carbocycles. The fourth-order valence-corrected chi connectivity index (χ4v) is 2.87. The Morgan fingerprint density at radius 2 is 2.29 bits per heavy atom. The van der Waals surface area contributed by atoms with E-state index in [0.29, 0.717) is 18.1 Å². The highest BCUT2D eigenvalue weighted by molar-refractivity contribution is 4.82. The first-order chi connectivity index (χ1) is 8.29. The SMILES string of the molecule is CNC(CN1CCCOC(C)C1)C1CCOC1. The second-order valence-corrected chi connectivity index (χ2v) is 5.31. The van der Waals surface area contributed by atoms with Gasteiger partial charge >= 0.3 is 0 Å². The van der Waals surface area contributed by atoms with Gasteiger partial charge in [0.2, 0.25) is 0 Å². The van der Waals surface area contributed by atoms with Crippen LogP contribution >= 0.6 is 0 Å². The van der Waals surface area contributed by atoms with Crippen molar-refractivity contribution < 1.29 is 9.47 Å². The molecular weight excluding hydrogens is 216 g/mol. The van der Waals surface area contributed by atoms with Gasteiger partial charge in [0, 0.05) is 44.8 Å². The molecule has 2 aliphatic rings. The number of rotatable bonds is 4. The number of ether oxygens (including phenoxy) is 2. The van der Waals surface area contributed by atoms with Crippen molar-refractivity contribution in [1.29, 1.82) is 0 Å². The van der Waals surface area contributed by atoms with Crippen LogP contribution < -0.4 is 5.32 Å². The summed E-state index contributed by atoms with van der Waals surface area (Å²) in [5.41, 5.74) is 0. The number of nitrogens with one attached hydrogen (secondary N) is 1. The van der Waals surface area contributed by atoms with Crippen LogP contribution in [0.1, 0.15) is 19.8 Å². The molecule has 0 spiro atoms. The normalized spacial score (nSPS) is 33.5. The average molecular weight is 242 g/mol. The summed E-state index contributed by atoms with van der Waals surface area (Å²) in [6.45, 7) is 8.29. The van der Waals surface area contributed by atoms with E-state index >= 15 is 0 Å². The average Bonchev–Trinajstić information content (AvgIpc) is 2.77. The van der Waals surface area contributed by atoms with Crippen LogP contribution in [0.5, 0.6) is 0 Å². The second-order valence-electron chi connectivity index (χ2n) is 5.31. The third kappa shape index (κ3) is 3.91. The van der Waals surface area contributed by atoms with Gasteiger partial charge in [-0.2, -0.15) is 0 Å². The Kier molecular flexibility index (Phi) is 5.22. The van der Waals surface area contributed by atoms with Gasteiger partial charge in [0.15, 0.2) is 0 Å². The first kappa shape index (κ1) is 13.3. The Balaban J connectivity index is 1.83. The molecule has 2 heterocycles. The highest BCUT2D eigenvalue weighted by Crippen LogP contribution is 2.18. The third-order valence-electron chi connectivity index (χ3n) is 3.90. The van der Waals surface area contributed by atoms with Crippen molar-refractivity contribution >= 4 is 0 Å². The van der Waals surface area contributed by atoms with Gasteiger partial charge in [-0.25, -0.2) is 0 Å².